The summed E-state index contributed by atoms with van der Waals surface area (Å²) in [5.74, 6) is 0.462. The van der Waals surface area contributed by atoms with Crippen LogP contribution in [-0.4, -0.2) is 23.9 Å². The molecule has 0 aliphatic rings. The van der Waals surface area contributed by atoms with Crippen LogP contribution in [0.3, 0.4) is 0 Å². The van der Waals surface area contributed by atoms with Crippen LogP contribution >= 0.6 is 0 Å². The molecular formula is C36H18N6. The molecule has 0 amide bonds. The van der Waals surface area contributed by atoms with Crippen molar-refractivity contribution in [3.05, 3.63) is 115 Å². The van der Waals surface area contributed by atoms with E-state index in [9.17, 15) is 5.26 Å². The van der Waals surface area contributed by atoms with Crippen LogP contribution in [0, 0.1) is 11.3 Å². The number of hydrogen-bond acceptors (Lipinski definition) is 4. The van der Waals surface area contributed by atoms with Gasteiger partial charge in [0.05, 0.1) is 33.1 Å². The zero-order valence-electron chi connectivity index (χ0n) is 22.1. The van der Waals surface area contributed by atoms with Crippen LogP contribution in [0.2, 0.25) is 0 Å². The second-order valence-electron chi connectivity index (χ2n) is 10.8. The van der Waals surface area contributed by atoms with E-state index in [-0.39, 0.29) is 5.69 Å². The number of rotatable bonds is 1. The normalized spacial score (nSPS) is 12.3. The minimum absolute atomic E-state index is 0.263. The Morgan fingerprint density at radius 3 is 2.21 bits per heavy atom. The summed E-state index contributed by atoms with van der Waals surface area (Å²) in [6.45, 7) is 0. The average molecular weight is 535 g/mol. The van der Waals surface area contributed by atoms with Crippen molar-refractivity contribution in [2.24, 2.45) is 0 Å². The van der Waals surface area contributed by atoms with Crippen molar-refractivity contribution in [3.8, 4) is 12.0 Å². The van der Waals surface area contributed by atoms with Gasteiger partial charge in [-0.05, 0) is 47.2 Å². The van der Waals surface area contributed by atoms with Gasteiger partial charge in [-0.3, -0.25) is 9.55 Å². The van der Waals surface area contributed by atoms with Crippen LogP contribution in [0.1, 0.15) is 5.69 Å². The van der Waals surface area contributed by atoms with Gasteiger partial charge in [-0.25, -0.2) is 4.98 Å². The number of fused-ring (bicyclic) bond motifs is 13. The molecule has 10 rings (SSSR count). The molecule has 42 heavy (non-hydrogen) atoms. The lowest BCUT2D eigenvalue weighted by molar-refractivity contribution is 0.998. The Morgan fingerprint density at radius 1 is 0.595 bits per heavy atom. The lowest BCUT2D eigenvalue weighted by Gasteiger charge is -2.08. The third kappa shape index (κ3) is 2.52. The number of nitriles is 1. The maximum absolute atomic E-state index is 10.1. The van der Waals surface area contributed by atoms with Crippen LogP contribution in [0.25, 0.3) is 87.7 Å². The Hall–Kier alpha value is -6.06. The molecule has 0 fully saturated rings. The molecule has 6 heteroatoms. The predicted molar refractivity (Wildman–Crippen MR) is 169 cm³/mol. The Morgan fingerprint density at radius 2 is 1.36 bits per heavy atom. The average Bonchev–Trinajstić information content (AvgIpc) is 3.68. The second kappa shape index (κ2) is 7.57. The van der Waals surface area contributed by atoms with Gasteiger partial charge in [-0.2, -0.15) is 10.2 Å². The second-order valence-corrected chi connectivity index (χ2v) is 10.8. The highest BCUT2D eigenvalue weighted by atomic mass is 15.2. The molecule has 0 N–H and O–H groups in total. The summed E-state index contributed by atoms with van der Waals surface area (Å²) >= 11 is 0. The molecule has 0 radical (unpaired) electrons. The summed E-state index contributed by atoms with van der Waals surface area (Å²) < 4.78 is 4.54. The van der Waals surface area contributed by atoms with Crippen molar-refractivity contribution in [3.63, 3.8) is 0 Å². The maximum atomic E-state index is 10.1. The number of hydrogen-bond donors (Lipinski definition) is 0. The first-order chi connectivity index (χ1) is 20.8. The van der Waals surface area contributed by atoms with E-state index in [1.54, 1.807) is 6.20 Å². The fourth-order valence-electron chi connectivity index (χ4n) is 7.12. The molecule has 0 spiro atoms. The van der Waals surface area contributed by atoms with Gasteiger partial charge < -0.3 is 4.40 Å². The Kier molecular flexibility index (Phi) is 3.91. The van der Waals surface area contributed by atoms with Crippen molar-refractivity contribution < 1.29 is 0 Å². The van der Waals surface area contributed by atoms with Gasteiger partial charge in [-0.15, -0.1) is 0 Å². The highest BCUT2D eigenvalue weighted by Crippen LogP contribution is 2.47. The minimum Gasteiger partial charge on any atom is -0.308 e. The van der Waals surface area contributed by atoms with Crippen molar-refractivity contribution in [2.45, 2.75) is 0 Å². The van der Waals surface area contributed by atoms with Crippen LogP contribution in [0.4, 0.5) is 0 Å². The van der Waals surface area contributed by atoms with Crippen molar-refractivity contribution in [2.75, 3.05) is 0 Å². The Bertz CT molecular complexity index is 2810. The summed E-state index contributed by atoms with van der Waals surface area (Å²) in [5.41, 5.74) is 7.02. The van der Waals surface area contributed by atoms with Gasteiger partial charge in [0.2, 0.25) is 5.95 Å². The molecule has 0 aliphatic heterocycles. The van der Waals surface area contributed by atoms with Crippen LogP contribution in [-0.2, 0) is 0 Å². The number of pyridine rings is 1. The summed E-state index contributed by atoms with van der Waals surface area (Å²) in [6.07, 6.45) is 1.67. The van der Waals surface area contributed by atoms with Crippen molar-refractivity contribution >= 4 is 81.7 Å². The monoisotopic (exact) mass is 534 g/mol. The fourth-order valence-corrected chi connectivity index (χ4v) is 7.12. The molecule has 0 unspecified atom stereocenters. The molecular weight excluding hydrogens is 516 g/mol. The summed E-state index contributed by atoms with van der Waals surface area (Å²) in [5, 5.41) is 19.5. The highest BCUT2D eigenvalue weighted by Gasteiger charge is 2.25. The third-order valence-corrected chi connectivity index (χ3v) is 8.74. The minimum atomic E-state index is 0.263. The lowest BCUT2D eigenvalue weighted by Crippen LogP contribution is -2.04. The number of benzene rings is 5. The molecule has 10 aromatic rings. The van der Waals surface area contributed by atoms with E-state index >= 15 is 0 Å². The van der Waals surface area contributed by atoms with E-state index in [4.69, 9.17) is 9.97 Å². The smallest absolute Gasteiger partial charge is 0.236 e. The number of nitrogens with zero attached hydrogens (tertiary/aromatic N) is 6. The van der Waals surface area contributed by atoms with Gasteiger partial charge in [0.15, 0.2) is 5.69 Å². The first-order valence-corrected chi connectivity index (χ1v) is 13.9. The predicted octanol–water partition coefficient (Wildman–Crippen LogP) is 8.30. The summed E-state index contributed by atoms with van der Waals surface area (Å²) in [6, 6.07) is 38.4. The van der Waals surface area contributed by atoms with Crippen LogP contribution in [0.15, 0.2) is 109 Å². The Labute approximate surface area is 237 Å². The van der Waals surface area contributed by atoms with E-state index in [1.807, 2.05) is 12.1 Å². The van der Waals surface area contributed by atoms with E-state index < -0.39 is 0 Å². The first kappa shape index (κ1) is 21.7. The third-order valence-electron chi connectivity index (χ3n) is 8.74. The molecule has 0 saturated heterocycles. The summed E-state index contributed by atoms with van der Waals surface area (Å²) in [4.78, 5) is 14.2. The zero-order valence-corrected chi connectivity index (χ0v) is 22.1. The molecule has 5 aromatic carbocycles. The maximum Gasteiger partial charge on any atom is 0.236 e. The van der Waals surface area contributed by atoms with Gasteiger partial charge in [-0.1, -0.05) is 66.7 Å². The topological polar surface area (TPSA) is 71.8 Å². The van der Waals surface area contributed by atoms with Gasteiger partial charge >= 0.3 is 0 Å². The quantitative estimate of drug-likeness (QED) is 0.212. The molecule has 0 atom stereocenters. The van der Waals surface area contributed by atoms with Crippen molar-refractivity contribution in [1.82, 2.24) is 23.9 Å². The largest absolute Gasteiger partial charge is 0.308 e. The fraction of sp³-hybridized carbons (Fsp3) is 0. The first-order valence-electron chi connectivity index (χ1n) is 13.9. The molecule has 5 heterocycles. The van der Waals surface area contributed by atoms with E-state index in [0.717, 1.165) is 21.8 Å². The molecule has 0 saturated carbocycles. The Balaban J connectivity index is 1.54. The zero-order chi connectivity index (χ0) is 27.5. The lowest BCUT2D eigenvalue weighted by atomic mass is 9.99. The molecule has 5 aromatic heterocycles. The molecule has 6 nitrogen and oxygen atoms in total. The molecule has 192 valence electrons. The number of para-hydroxylation sites is 2. The van der Waals surface area contributed by atoms with Gasteiger partial charge in [0.25, 0.3) is 0 Å². The molecule has 0 bridgehead atoms. The van der Waals surface area contributed by atoms with E-state index in [0.29, 0.717) is 17.0 Å². The summed E-state index contributed by atoms with van der Waals surface area (Å²) in [7, 11) is 0. The SMILES string of the molecule is N#Cc1nc(-n2c3ccc4ccccc4c3c3c4c5ccccc5n5c6ccccc6c(cc32)c45)nc2cccnc12. The van der Waals surface area contributed by atoms with Crippen LogP contribution in [0.5, 0.6) is 0 Å². The van der Waals surface area contributed by atoms with E-state index in [2.05, 4.69) is 111 Å². The van der Waals surface area contributed by atoms with Gasteiger partial charge in [0, 0.05) is 38.5 Å². The highest BCUT2D eigenvalue weighted by molar-refractivity contribution is 6.38. The number of aromatic nitrogens is 5. The standard InChI is InChI=1S/C36H18N6/c37-19-26-34-25(12-7-17-38-34)39-36(40-26)42-29-16-15-20-8-1-2-9-21(20)31(29)33-30(42)18-24-22-10-3-5-13-27(22)41-28-14-6-4-11-23(28)32(33)35(24)41/h1-18H. The molecule has 0 aliphatic carbocycles. The van der Waals surface area contributed by atoms with Crippen LogP contribution < -0.4 is 0 Å². The van der Waals surface area contributed by atoms with Gasteiger partial charge in [0.1, 0.15) is 11.6 Å². The van der Waals surface area contributed by atoms with Crippen molar-refractivity contribution in [1.29, 1.82) is 5.26 Å². The van der Waals surface area contributed by atoms with E-state index in [1.165, 1.54) is 48.9 Å².